The molecule has 3 aromatic rings. The number of benzene rings is 2. The molecule has 3 heterocycles. The number of hydrogen-bond donors (Lipinski definition) is 1. The predicted molar refractivity (Wildman–Crippen MR) is 160 cm³/mol. The number of piperidine rings is 1. The summed E-state index contributed by atoms with van der Waals surface area (Å²) in [4.78, 5) is 49.7. The molecule has 2 aliphatic rings. The molecule has 1 N–H and O–H groups in total. The van der Waals surface area contributed by atoms with Gasteiger partial charge in [0.15, 0.2) is 0 Å². The molecule has 1 saturated heterocycles. The number of rotatable bonds is 4. The SMILES string of the molecule is CN1CC2(CCCCc3ccccc3OCCCC1=O)CCN(C(=O)CCCc1nc3ccccc3c(=O)[nH]1)CC2. The number of ether oxygens (including phenoxy) is 1. The van der Waals surface area contributed by atoms with Gasteiger partial charge < -0.3 is 19.5 Å². The van der Waals surface area contributed by atoms with Crippen LogP contribution >= 0.6 is 0 Å². The number of aromatic amines is 1. The molecule has 41 heavy (non-hydrogen) atoms. The van der Waals surface area contributed by atoms with Gasteiger partial charge in [0.2, 0.25) is 11.8 Å². The van der Waals surface area contributed by atoms with E-state index in [0.29, 0.717) is 55.4 Å². The lowest BCUT2D eigenvalue weighted by atomic mass is 9.73. The fraction of sp³-hybridized carbons (Fsp3) is 0.515. The van der Waals surface area contributed by atoms with Crippen molar-refractivity contribution in [2.24, 2.45) is 5.41 Å². The van der Waals surface area contributed by atoms with Crippen molar-refractivity contribution in [3.63, 3.8) is 0 Å². The van der Waals surface area contributed by atoms with Gasteiger partial charge in [-0.25, -0.2) is 4.98 Å². The first-order chi connectivity index (χ1) is 19.9. The van der Waals surface area contributed by atoms with Gasteiger partial charge in [0.1, 0.15) is 11.6 Å². The van der Waals surface area contributed by atoms with Gasteiger partial charge >= 0.3 is 0 Å². The Morgan fingerprint density at radius 3 is 2.61 bits per heavy atom. The molecule has 8 nitrogen and oxygen atoms in total. The number of fused-ring (bicyclic) bond motifs is 2. The van der Waals surface area contributed by atoms with Gasteiger partial charge in [-0.15, -0.1) is 0 Å². The van der Waals surface area contributed by atoms with E-state index in [-0.39, 0.29) is 22.8 Å². The summed E-state index contributed by atoms with van der Waals surface area (Å²) < 4.78 is 6.01. The van der Waals surface area contributed by atoms with E-state index in [1.54, 1.807) is 6.07 Å². The number of aromatic nitrogens is 2. The van der Waals surface area contributed by atoms with E-state index < -0.39 is 0 Å². The van der Waals surface area contributed by atoms with Crippen LogP contribution in [0.2, 0.25) is 0 Å². The Morgan fingerprint density at radius 1 is 0.976 bits per heavy atom. The number of nitrogens with one attached hydrogen (secondary N) is 1. The maximum Gasteiger partial charge on any atom is 0.258 e. The van der Waals surface area contributed by atoms with Crippen LogP contribution in [0.4, 0.5) is 0 Å². The second kappa shape index (κ2) is 13.3. The molecule has 0 radical (unpaired) electrons. The minimum absolute atomic E-state index is 0.0375. The van der Waals surface area contributed by atoms with Crippen molar-refractivity contribution in [1.82, 2.24) is 19.8 Å². The van der Waals surface area contributed by atoms with E-state index in [1.165, 1.54) is 5.56 Å². The van der Waals surface area contributed by atoms with Gasteiger partial charge in [-0.1, -0.05) is 36.8 Å². The van der Waals surface area contributed by atoms with Gasteiger partial charge in [-0.3, -0.25) is 14.4 Å². The molecular weight excluding hydrogens is 516 g/mol. The Morgan fingerprint density at radius 2 is 1.76 bits per heavy atom. The number of carbonyl (C=O) groups excluding carboxylic acids is 2. The zero-order valence-electron chi connectivity index (χ0n) is 24.2. The Balaban J connectivity index is 1.16. The molecule has 1 spiro atoms. The lowest BCUT2D eigenvalue weighted by Crippen LogP contribution is -2.48. The normalized spacial score (nSPS) is 18.5. The third kappa shape index (κ3) is 7.34. The maximum atomic E-state index is 13.1. The minimum atomic E-state index is -0.137. The summed E-state index contributed by atoms with van der Waals surface area (Å²) in [6.45, 7) is 2.74. The molecule has 2 aromatic carbocycles. The summed E-state index contributed by atoms with van der Waals surface area (Å²) in [6, 6.07) is 15.6. The van der Waals surface area contributed by atoms with Crippen molar-refractivity contribution >= 4 is 22.7 Å². The van der Waals surface area contributed by atoms with Crippen LogP contribution < -0.4 is 10.3 Å². The molecule has 0 unspecified atom stereocenters. The number of likely N-dealkylation sites (tertiary alicyclic amines) is 1. The molecule has 2 aliphatic heterocycles. The zero-order chi connectivity index (χ0) is 28.7. The highest BCUT2D eigenvalue weighted by atomic mass is 16.5. The molecule has 218 valence electrons. The van der Waals surface area contributed by atoms with Crippen LogP contribution in [-0.4, -0.2) is 64.9 Å². The smallest absolute Gasteiger partial charge is 0.258 e. The molecule has 0 saturated carbocycles. The first-order valence-corrected chi connectivity index (χ1v) is 15.1. The van der Waals surface area contributed by atoms with Crippen molar-refractivity contribution in [1.29, 1.82) is 0 Å². The van der Waals surface area contributed by atoms with Crippen LogP contribution in [0.15, 0.2) is 53.3 Å². The van der Waals surface area contributed by atoms with E-state index in [1.807, 2.05) is 47.2 Å². The Hall–Kier alpha value is -3.68. The molecular formula is C33H42N4O4. The average Bonchev–Trinajstić information content (AvgIpc) is 2.98. The maximum absolute atomic E-state index is 13.1. The molecule has 0 atom stereocenters. The lowest BCUT2D eigenvalue weighted by molar-refractivity contribution is -0.136. The Kier molecular flexibility index (Phi) is 9.37. The number of hydrogen-bond acceptors (Lipinski definition) is 5. The van der Waals surface area contributed by atoms with Crippen LogP contribution in [-0.2, 0) is 22.4 Å². The quantitative estimate of drug-likeness (QED) is 0.492. The first-order valence-electron chi connectivity index (χ1n) is 15.1. The molecule has 0 aliphatic carbocycles. The number of carbonyl (C=O) groups is 2. The lowest BCUT2D eigenvalue weighted by Gasteiger charge is -2.44. The van der Waals surface area contributed by atoms with Crippen molar-refractivity contribution in [2.75, 3.05) is 33.3 Å². The number of H-pyrrole nitrogens is 1. The van der Waals surface area contributed by atoms with Crippen molar-refractivity contribution < 1.29 is 14.3 Å². The monoisotopic (exact) mass is 558 g/mol. The highest BCUT2D eigenvalue weighted by Gasteiger charge is 2.37. The van der Waals surface area contributed by atoms with E-state index in [2.05, 4.69) is 22.1 Å². The van der Waals surface area contributed by atoms with E-state index in [4.69, 9.17) is 4.74 Å². The van der Waals surface area contributed by atoms with Crippen LogP contribution in [0, 0.1) is 5.41 Å². The fourth-order valence-corrected chi connectivity index (χ4v) is 6.39. The van der Waals surface area contributed by atoms with Gasteiger partial charge in [0, 0.05) is 45.9 Å². The number of nitrogens with zero attached hydrogens (tertiary/aromatic N) is 3. The van der Waals surface area contributed by atoms with Crippen molar-refractivity contribution in [3.8, 4) is 5.75 Å². The van der Waals surface area contributed by atoms with Crippen LogP contribution in [0.3, 0.4) is 0 Å². The van der Waals surface area contributed by atoms with E-state index in [0.717, 1.165) is 63.9 Å². The third-order valence-corrected chi connectivity index (χ3v) is 8.81. The highest BCUT2D eigenvalue weighted by Crippen LogP contribution is 2.38. The van der Waals surface area contributed by atoms with Gasteiger partial charge in [0.05, 0.1) is 17.5 Å². The van der Waals surface area contributed by atoms with Crippen LogP contribution in [0.1, 0.15) is 69.2 Å². The minimum Gasteiger partial charge on any atom is -0.493 e. The summed E-state index contributed by atoms with van der Waals surface area (Å²) >= 11 is 0. The van der Waals surface area contributed by atoms with Gasteiger partial charge in [-0.2, -0.15) is 0 Å². The second-order valence-electron chi connectivity index (χ2n) is 11.8. The predicted octanol–water partition coefficient (Wildman–Crippen LogP) is 4.90. The Bertz CT molecular complexity index is 1410. The standard InChI is InChI=1S/C33H42N4O4/c1-36-24-33(18-7-6-11-25-10-2-5-14-28(25)41-23-9-17-30(36)38)19-21-37(22-20-33)31(39)16-8-15-29-34-27-13-4-3-12-26(27)32(40)35-29/h2-5,10,12-14H,6-9,11,15-24H2,1H3,(H,34,35,40). The van der Waals surface area contributed by atoms with Gasteiger partial charge in [0.25, 0.3) is 5.56 Å². The third-order valence-electron chi connectivity index (χ3n) is 8.81. The molecule has 5 rings (SSSR count). The summed E-state index contributed by atoms with van der Waals surface area (Å²) in [5, 5.41) is 0.582. The van der Waals surface area contributed by atoms with Gasteiger partial charge in [-0.05, 0) is 74.1 Å². The Labute approximate surface area is 242 Å². The van der Waals surface area contributed by atoms with Crippen molar-refractivity contribution in [3.05, 3.63) is 70.3 Å². The number of aryl methyl sites for hydroxylation is 2. The highest BCUT2D eigenvalue weighted by molar-refractivity contribution is 5.78. The second-order valence-corrected chi connectivity index (χ2v) is 11.8. The van der Waals surface area contributed by atoms with Crippen LogP contribution in [0.25, 0.3) is 10.9 Å². The molecule has 8 heteroatoms. The summed E-state index contributed by atoms with van der Waals surface area (Å²) in [7, 11) is 1.93. The van der Waals surface area contributed by atoms with Crippen molar-refractivity contribution in [2.45, 2.75) is 70.6 Å². The zero-order valence-corrected chi connectivity index (χ0v) is 24.2. The molecule has 1 aromatic heterocycles. The van der Waals surface area contributed by atoms with E-state index >= 15 is 0 Å². The number of amides is 2. The summed E-state index contributed by atoms with van der Waals surface area (Å²) in [5.41, 5.74) is 1.83. The fourth-order valence-electron chi connectivity index (χ4n) is 6.39. The molecule has 2 amide bonds. The first kappa shape index (κ1) is 28.8. The summed E-state index contributed by atoms with van der Waals surface area (Å²) in [6.07, 6.45) is 8.85. The topological polar surface area (TPSA) is 95.6 Å². The largest absolute Gasteiger partial charge is 0.493 e. The molecule has 0 bridgehead atoms. The van der Waals surface area contributed by atoms with E-state index in [9.17, 15) is 14.4 Å². The van der Waals surface area contributed by atoms with Crippen LogP contribution in [0.5, 0.6) is 5.75 Å². The molecule has 1 fully saturated rings. The average molecular weight is 559 g/mol. The number of para-hydroxylation sites is 2. The summed E-state index contributed by atoms with van der Waals surface area (Å²) in [5.74, 6) is 1.89.